The number of benzene rings is 1. The number of rotatable bonds is 5. The highest BCUT2D eigenvalue weighted by atomic mass is 16.6. The van der Waals surface area contributed by atoms with Gasteiger partial charge in [0.1, 0.15) is 0 Å². The van der Waals surface area contributed by atoms with Gasteiger partial charge in [-0.05, 0) is 19.1 Å². The van der Waals surface area contributed by atoms with Gasteiger partial charge in [-0.25, -0.2) is 4.79 Å². The van der Waals surface area contributed by atoms with Crippen LogP contribution in [0.2, 0.25) is 0 Å². The lowest BCUT2D eigenvalue weighted by Gasteiger charge is -2.01. The molecule has 0 N–H and O–H groups in total. The minimum Gasteiger partial charge on any atom is -0.460 e. The first-order chi connectivity index (χ1) is 10.0. The van der Waals surface area contributed by atoms with Crippen molar-refractivity contribution in [2.24, 2.45) is 0 Å². The third kappa shape index (κ3) is 2.94. The Morgan fingerprint density at radius 1 is 1.33 bits per heavy atom. The summed E-state index contributed by atoms with van der Waals surface area (Å²) in [4.78, 5) is 33.8. The van der Waals surface area contributed by atoms with Gasteiger partial charge in [-0.15, -0.1) is 0 Å². The van der Waals surface area contributed by atoms with Gasteiger partial charge in [0.15, 0.2) is 5.78 Å². The molecule has 0 fully saturated rings. The van der Waals surface area contributed by atoms with E-state index < -0.39 is 16.7 Å². The lowest BCUT2D eigenvalue weighted by atomic mass is 10.0. The van der Waals surface area contributed by atoms with Crippen molar-refractivity contribution in [1.82, 2.24) is 5.16 Å². The van der Waals surface area contributed by atoms with Crippen LogP contribution in [0, 0.1) is 10.1 Å². The SMILES string of the molecule is CCOC(=O)c1oncc1C(=O)c1ccc([N+](=O)[O-])cc1. The summed E-state index contributed by atoms with van der Waals surface area (Å²) in [6.07, 6.45) is 1.11. The van der Waals surface area contributed by atoms with E-state index in [1.807, 2.05) is 0 Å². The van der Waals surface area contributed by atoms with E-state index in [1.165, 1.54) is 24.3 Å². The number of non-ortho nitro benzene ring substituents is 1. The van der Waals surface area contributed by atoms with E-state index in [0.29, 0.717) is 0 Å². The highest BCUT2D eigenvalue weighted by Crippen LogP contribution is 2.18. The summed E-state index contributed by atoms with van der Waals surface area (Å²) in [6.45, 7) is 1.75. The Bertz CT molecular complexity index is 689. The summed E-state index contributed by atoms with van der Waals surface area (Å²) < 4.78 is 9.48. The van der Waals surface area contributed by atoms with E-state index in [-0.39, 0.29) is 29.2 Å². The van der Waals surface area contributed by atoms with E-state index in [4.69, 9.17) is 9.26 Å². The summed E-state index contributed by atoms with van der Waals surface area (Å²) in [6, 6.07) is 4.99. The van der Waals surface area contributed by atoms with E-state index >= 15 is 0 Å². The molecule has 108 valence electrons. The quantitative estimate of drug-likeness (QED) is 0.358. The molecule has 1 heterocycles. The molecule has 0 amide bonds. The second-order valence-electron chi connectivity index (χ2n) is 3.92. The molecular formula is C13H10N2O6. The second kappa shape index (κ2) is 5.95. The summed E-state index contributed by atoms with van der Waals surface area (Å²) in [5, 5.41) is 14.0. The predicted molar refractivity (Wildman–Crippen MR) is 69.0 cm³/mol. The molecule has 0 saturated carbocycles. The van der Waals surface area contributed by atoms with Crippen molar-refractivity contribution < 1.29 is 23.8 Å². The van der Waals surface area contributed by atoms with Gasteiger partial charge in [-0.1, -0.05) is 5.16 Å². The largest absolute Gasteiger partial charge is 0.460 e. The number of esters is 1. The topological polar surface area (TPSA) is 113 Å². The number of ketones is 1. The molecule has 0 aliphatic carbocycles. The number of ether oxygens (including phenoxy) is 1. The zero-order chi connectivity index (χ0) is 15.4. The molecular weight excluding hydrogens is 280 g/mol. The van der Waals surface area contributed by atoms with Crippen LogP contribution in [0.1, 0.15) is 33.4 Å². The van der Waals surface area contributed by atoms with Crippen LogP contribution in [-0.2, 0) is 4.74 Å². The van der Waals surface area contributed by atoms with Crippen molar-refractivity contribution in [3.8, 4) is 0 Å². The number of hydrogen-bond donors (Lipinski definition) is 0. The average molecular weight is 290 g/mol. The summed E-state index contributed by atoms with van der Waals surface area (Å²) in [5.41, 5.74) is -0.0147. The van der Waals surface area contributed by atoms with E-state index in [0.717, 1.165) is 6.20 Å². The lowest BCUT2D eigenvalue weighted by molar-refractivity contribution is -0.384. The van der Waals surface area contributed by atoms with Crippen LogP contribution in [0.25, 0.3) is 0 Å². The van der Waals surface area contributed by atoms with Gasteiger partial charge < -0.3 is 9.26 Å². The van der Waals surface area contributed by atoms with Gasteiger partial charge in [0.25, 0.3) is 11.4 Å². The number of aromatic nitrogens is 1. The monoisotopic (exact) mass is 290 g/mol. The maximum atomic E-state index is 12.2. The molecule has 8 heteroatoms. The Kier molecular flexibility index (Phi) is 4.07. The van der Waals surface area contributed by atoms with Crippen molar-refractivity contribution in [1.29, 1.82) is 0 Å². The summed E-state index contributed by atoms with van der Waals surface area (Å²) in [5.74, 6) is -1.62. The van der Waals surface area contributed by atoms with Crippen LogP contribution >= 0.6 is 0 Å². The predicted octanol–water partition coefficient (Wildman–Crippen LogP) is 1.99. The fraction of sp³-hybridized carbons (Fsp3) is 0.154. The van der Waals surface area contributed by atoms with Crippen molar-refractivity contribution >= 4 is 17.4 Å². The Morgan fingerprint density at radius 2 is 2.00 bits per heavy atom. The Hall–Kier alpha value is -3.03. The molecule has 0 unspecified atom stereocenters. The minimum atomic E-state index is -0.791. The van der Waals surface area contributed by atoms with Crippen LogP contribution < -0.4 is 0 Å². The maximum Gasteiger partial charge on any atom is 0.377 e. The minimum absolute atomic E-state index is 0.0534. The van der Waals surface area contributed by atoms with Gasteiger partial charge in [0, 0.05) is 17.7 Å². The second-order valence-corrected chi connectivity index (χ2v) is 3.92. The first-order valence-corrected chi connectivity index (χ1v) is 5.95. The van der Waals surface area contributed by atoms with Gasteiger partial charge in [-0.2, -0.15) is 0 Å². The summed E-state index contributed by atoms with van der Waals surface area (Å²) in [7, 11) is 0. The molecule has 0 atom stereocenters. The fourth-order valence-electron chi connectivity index (χ4n) is 1.64. The zero-order valence-corrected chi connectivity index (χ0v) is 10.9. The molecule has 0 aliphatic rings. The van der Waals surface area contributed by atoms with Gasteiger partial charge >= 0.3 is 5.97 Å². The van der Waals surface area contributed by atoms with Crippen LogP contribution in [0.3, 0.4) is 0 Å². The number of nitro groups is 1. The van der Waals surface area contributed by atoms with E-state index in [9.17, 15) is 19.7 Å². The molecule has 0 aliphatic heterocycles. The Balaban J connectivity index is 2.30. The maximum absolute atomic E-state index is 12.2. The molecule has 1 aromatic carbocycles. The van der Waals surface area contributed by atoms with Gasteiger partial charge in [0.05, 0.1) is 23.3 Å². The highest BCUT2D eigenvalue weighted by molar-refractivity contribution is 6.13. The third-order valence-corrected chi connectivity index (χ3v) is 2.62. The first-order valence-electron chi connectivity index (χ1n) is 5.95. The number of nitro benzene ring substituents is 1. The van der Waals surface area contributed by atoms with Crippen LogP contribution in [0.15, 0.2) is 35.0 Å². The third-order valence-electron chi connectivity index (χ3n) is 2.62. The number of carbonyl (C=O) groups excluding carboxylic acids is 2. The molecule has 0 saturated heterocycles. The normalized spacial score (nSPS) is 10.1. The van der Waals surface area contributed by atoms with Gasteiger partial charge in [-0.3, -0.25) is 14.9 Å². The Morgan fingerprint density at radius 3 is 2.57 bits per heavy atom. The number of hydrogen-bond acceptors (Lipinski definition) is 7. The standard InChI is InChI=1S/C13H10N2O6/c1-2-20-13(17)12-10(7-14-21-12)11(16)8-3-5-9(6-4-8)15(18)19/h3-7H,2H2,1H3. The molecule has 2 aromatic rings. The molecule has 0 spiro atoms. The molecule has 2 rings (SSSR count). The molecule has 0 bridgehead atoms. The Labute approximate surface area is 118 Å². The molecule has 1 aromatic heterocycles. The fourth-order valence-corrected chi connectivity index (χ4v) is 1.64. The van der Waals surface area contributed by atoms with E-state index in [1.54, 1.807) is 6.92 Å². The summed E-state index contributed by atoms with van der Waals surface area (Å²) >= 11 is 0. The van der Waals surface area contributed by atoms with Crippen molar-refractivity contribution in [2.45, 2.75) is 6.92 Å². The van der Waals surface area contributed by atoms with Gasteiger partial charge in [0.2, 0.25) is 0 Å². The molecule has 0 radical (unpaired) electrons. The van der Waals surface area contributed by atoms with Crippen molar-refractivity contribution in [3.05, 3.63) is 57.5 Å². The van der Waals surface area contributed by atoms with Crippen LogP contribution in [-0.4, -0.2) is 28.4 Å². The van der Waals surface area contributed by atoms with Crippen LogP contribution in [0.5, 0.6) is 0 Å². The number of nitrogens with zero attached hydrogens (tertiary/aromatic N) is 2. The molecule has 21 heavy (non-hydrogen) atoms. The van der Waals surface area contributed by atoms with Crippen molar-refractivity contribution in [2.75, 3.05) is 6.61 Å². The number of carbonyl (C=O) groups is 2. The highest BCUT2D eigenvalue weighted by Gasteiger charge is 2.24. The molecule has 8 nitrogen and oxygen atoms in total. The smallest absolute Gasteiger partial charge is 0.377 e. The average Bonchev–Trinajstić information content (AvgIpc) is 2.96. The zero-order valence-electron chi connectivity index (χ0n) is 10.9. The van der Waals surface area contributed by atoms with E-state index in [2.05, 4.69) is 5.16 Å². The van der Waals surface area contributed by atoms with Crippen molar-refractivity contribution in [3.63, 3.8) is 0 Å². The first kappa shape index (κ1) is 14.4. The van der Waals surface area contributed by atoms with Crippen LogP contribution in [0.4, 0.5) is 5.69 Å². The lowest BCUT2D eigenvalue weighted by Crippen LogP contribution is -2.10.